The van der Waals surface area contributed by atoms with Gasteiger partial charge in [-0.25, -0.2) is 19.6 Å². The minimum Gasteiger partial charge on any atom is -0.444 e. The highest BCUT2D eigenvalue weighted by Gasteiger charge is 2.28. The first-order valence-electron chi connectivity index (χ1n) is 12.1. The van der Waals surface area contributed by atoms with Crippen LogP contribution >= 0.6 is 0 Å². The van der Waals surface area contributed by atoms with Gasteiger partial charge in [-0.3, -0.25) is 9.80 Å². The third-order valence-electron chi connectivity index (χ3n) is 5.33. The van der Waals surface area contributed by atoms with Gasteiger partial charge in [-0.15, -0.1) is 0 Å². The maximum atomic E-state index is 11.9. The summed E-state index contributed by atoms with van der Waals surface area (Å²) in [6.45, 7) is 14.3. The van der Waals surface area contributed by atoms with Crippen LogP contribution in [-0.2, 0) is 48.9 Å². The summed E-state index contributed by atoms with van der Waals surface area (Å²) in [6, 6.07) is 0. The van der Waals surface area contributed by atoms with E-state index in [1.165, 1.54) is 0 Å². The number of fused-ring (bicyclic) bond motifs is 2. The molecule has 0 bridgehead atoms. The van der Waals surface area contributed by atoms with Gasteiger partial charge in [0.15, 0.2) is 0 Å². The minimum absolute atomic E-state index is 0.0769. The number of ether oxygens (including phenoxy) is 2. The second-order valence-corrected chi connectivity index (χ2v) is 10.8. The molecule has 2 aliphatic heterocycles. The van der Waals surface area contributed by atoms with Crippen molar-refractivity contribution in [3.05, 3.63) is 35.4 Å². The van der Waals surface area contributed by atoms with Gasteiger partial charge in [0.05, 0.1) is 37.7 Å². The zero-order chi connectivity index (χ0) is 26.7. The Hall–Kier alpha value is -3.12. The lowest BCUT2D eigenvalue weighted by molar-refractivity contribution is 0.0185. The Morgan fingerprint density at radius 3 is 1.42 bits per heavy atom. The highest BCUT2D eigenvalue weighted by Crippen LogP contribution is 2.18. The molecule has 0 aromatic carbocycles. The summed E-state index contributed by atoms with van der Waals surface area (Å²) in [7, 11) is 0. The van der Waals surface area contributed by atoms with Gasteiger partial charge in [-0.1, -0.05) is 0 Å². The lowest BCUT2D eigenvalue weighted by Gasteiger charge is -2.30. The number of aliphatic hydroxyl groups is 2. The molecule has 12 nitrogen and oxygen atoms in total. The second kappa shape index (κ2) is 10.9. The number of aromatic nitrogens is 4. The minimum atomic E-state index is -0.486. The fourth-order valence-electron chi connectivity index (χ4n) is 3.74. The van der Waals surface area contributed by atoms with E-state index in [2.05, 4.69) is 9.97 Å². The van der Waals surface area contributed by atoms with Crippen molar-refractivity contribution in [1.29, 1.82) is 0 Å². The van der Waals surface area contributed by atoms with E-state index in [0.29, 0.717) is 50.7 Å². The van der Waals surface area contributed by atoms with Gasteiger partial charge in [0.25, 0.3) is 0 Å². The fraction of sp³-hybridized carbons (Fsp3) is 0.667. The molecule has 2 aliphatic rings. The van der Waals surface area contributed by atoms with Crippen LogP contribution in [0.15, 0.2) is 12.4 Å². The Balaban J connectivity index is 0.000000201. The Morgan fingerprint density at radius 1 is 0.750 bits per heavy atom. The van der Waals surface area contributed by atoms with Crippen molar-refractivity contribution < 1.29 is 29.3 Å². The molecular formula is C24H38N6O6. The number of carbonyl (C=O) groups excluding carboxylic acids is 2. The van der Waals surface area contributed by atoms with Gasteiger partial charge in [-0.2, -0.15) is 0 Å². The van der Waals surface area contributed by atoms with Crippen LogP contribution in [0, 0.1) is 0 Å². The third kappa shape index (κ3) is 7.44. The van der Waals surface area contributed by atoms with E-state index in [9.17, 15) is 9.59 Å². The van der Waals surface area contributed by atoms with E-state index >= 15 is 0 Å². The van der Waals surface area contributed by atoms with Crippen molar-refractivity contribution in [3.63, 3.8) is 0 Å². The summed E-state index contributed by atoms with van der Waals surface area (Å²) in [4.78, 5) is 35.6. The van der Waals surface area contributed by atoms with Crippen molar-refractivity contribution >= 4 is 12.2 Å². The van der Waals surface area contributed by atoms with Gasteiger partial charge in [0, 0.05) is 38.6 Å². The third-order valence-corrected chi connectivity index (χ3v) is 5.33. The van der Waals surface area contributed by atoms with Crippen LogP contribution in [-0.4, -0.2) is 75.6 Å². The van der Waals surface area contributed by atoms with Gasteiger partial charge < -0.3 is 28.8 Å². The monoisotopic (exact) mass is 506 g/mol. The summed E-state index contributed by atoms with van der Waals surface area (Å²) < 4.78 is 14.6. The van der Waals surface area contributed by atoms with Crippen LogP contribution < -0.4 is 0 Å². The molecule has 12 heteroatoms. The number of rotatable bonds is 2. The van der Waals surface area contributed by atoms with Crippen molar-refractivity contribution in [2.75, 3.05) is 13.1 Å². The molecule has 2 aromatic rings. The lowest BCUT2D eigenvalue weighted by Crippen LogP contribution is -2.41. The fourth-order valence-corrected chi connectivity index (χ4v) is 3.74. The molecule has 0 saturated heterocycles. The molecule has 0 unspecified atom stereocenters. The molecule has 36 heavy (non-hydrogen) atoms. The lowest BCUT2D eigenvalue weighted by atomic mass is 10.2. The number of nitrogens with zero attached hydrogens (tertiary/aromatic N) is 6. The highest BCUT2D eigenvalue weighted by atomic mass is 16.6. The second-order valence-electron chi connectivity index (χ2n) is 10.8. The summed E-state index contributed by atoms with van der Waals surface area (Å²) >= 11 is 0. The van der Waals surface area contributed by atoms with Crippen LogP contribution in [0.1, 0.15) is 64.6 Å². The topological polar surface area (TPSA) is 135 Å². The summed E-state index contributed by atoms with van der Waals surface area (Å²) in [5, 5.41) is 18.1. The Labute approximate surface area is 211 Å². The molecule has 2 amide bonds. The molecule has 0 atom stereocenters. The smallest absolute Gasteiger partial charge is 0.410 e. The molecular weight excluding hydrogens is 468 g/mol. The standard InChI is InChI=1S/2C12H19N3O3/c2*1-12(2,3)18-11(17)15-5-4-14-6-9(8-16)13-10(14)7-15/h2*6,16H,4-5,7-8H2,1-3H3. The molecule has 0 spiro atoms. The number of hydrogen-bond acceptors (Lipinski definition) is 8. The van der Waals surface area contributed by atoms with E-state index in [4.69, 9.17) is 19.7 Å². The quantitative estimate of drug-likeness (QED) is 0.633. The number of hydrogen-bond donors (Lipinski definition) is 2. The summed E-state index contributed by atoms with van der Waals surface area (Å²) in [6.07, 6.45) is 3.01. The molecule has 4 heterocycles. The van der Waals surface area contributed by atoms with E-state index in [1.54, 1.807) is 9.80 Å². The maximum absolute atomic E-state index is 11.9. The van der Waals surface area contributed by atoms with Crippen molar-refractivity contribution in [2.24, 2.45) is 0 Å². The van der Waals surface area contributed by atoms with Crippen molar-refractivity contribution in [1.82, 2.24) is 28.9 Å². The Morgan fingerprint density at radius 2 is 1.11 bits per heavy atom. The molecule has 0 aliphatic carbocycles. The van der Waals surface area contributed by atoms with Crippen LogP contribution in [0.5, 0.6) is 0 Å². The number of carbonyl (C=O) groups is 2. The van der Waals surface area contributed by atoms with Crippen LogP contribution in [0.25, 0.3) is 0 Å². The average molecular weight is 507 g/mol. The zero-order valence-electron chi connectivity index (χ0n) is 22.0. The molecule has 200 valence electrons. The average Bonchev–Trinajstić information content (AvgIpc) is 3.39. The number of amides is 2. The number of imidazole rings is 2. The van der Waals surface area contributed by atoms with Crippen LogP contribution in [0.2, 0.25) is 0 Å². The van der Waals surface area contributed by atoms with E-state index < -0.39 is 11.2 Å². The summed E-state index contributed by atoms with van der Waals surface area (Å²) in [5.74, 6) is 1.58. The van der Waals surface area contributed by atoms with Crippen LogP contribution in [0.3, 0.4) is 0 Å². The molecule has 2 N–H and O–H groups in total. The normalized spacial score (nSPS) is 15.4. The first-order valence-corrected chi connectivity index (χ1v) is 12.1. The van der Waals surface area contributed by atoms with E-state index in [0.717, 1.165) is 11.6 Å². The SMILES string of the molecule is CC(C)(C)OC(=O)N1CCn2cc(CO)nc2C1.CC(C)(C)OC(=O)N1CCn2cc(CO)nc2C1. The Bertz CT molecular complexity index is 980. The first kappa shape index (κ1) is 27.5. The predicted octanol–water partition coefficient (Wildman–Crippen LogP) is 2.25. The number of aliphatic hydroxyl groups excluding tert-OH is 2. The maximum Gasteiger partial charge on any atom is 0.410 e. The van der Waals surface area contributed by atoms with Gasteiger partial charge in [0.2, 0.25) is 0 Å². The zero-order valence-corrected chi connectivity index (χ0v) is 22.0. The summed E-state index contributed by atoms with van der Waals surface area (Å²) in [5.41, 5.74) is 0.299. The molecule has 4 rings (SSSR count). The van der Waals surface area contributed by atoms with Gasteiger partial charge >= 0.3 is 12.2 Å². The molecule has 2 aromatic heterocycles. The van der Waals surface area contributed by atoms with Gasteiger partial charge in [-0.05, 0) is 41.5 Å². The van der Waals surface area contributed by atoms with Crippen LogP contribution in [0.4, 0.5) is 9.59 Å². The molecule has 0 radical (unpaired) electrons. The first-order chi connectivity index (χ1) is 16.8. The molecule has 0 saturated carbocycles. The van der Waals surface area contributed by atoms with Gasteiger partial charge in [0.1, 0.15) is 22.9 Å². The molecule has 0 fully saturated rings. The Kier molecular flexibility index (Phi) is 8.29. The van der Waals surface area contributed by atoms with E-state index in [-0.39, 0.29) is 25.4 Å². The van der Waals surface area contributed by atoms with Crippen molar-refractivity contribution in [3.8, 4) is 0 Å². The largest absolute Gasteiger partial charge is 0.444 e. The highest BCUT2D eigenvalue weighted by molar-refractivity contribution is 5.68. The predicted molar refractivity (Wildman–Crippen MR) is 130 cm³/mol. The van der Waals surface area contributed by atoms with E-state index in [1.807, 2.05) is 63.1 Å². The van der Waals surface area contributed by atoms with Crippen molar-refractivity contribution in [2.45, 2.75) is 92.1 Å².